The lowest BCUT2D eigenvalue weighted by Gasteiger charge is -2.38. The predicted octanol–water partition coefficient (Wildman–Crippen LogP) is 6.12. The number of hydrogen-bond donors (Lipinski definition) is 0. The predicted molar refractivity (Wildman–Crippen MR) is 63.9 cm³/mol. The molecule has 3 nitrogen and oxygen atoms in total. The van der Waals surface area contributed by atoms with Gasteiger partial charge in [-0.25, -0.2) is 18.0 Å². The molecule has 0 fully saturated rings. The van der Waals surface area contributed by atoms with Crippen LogP contribution >= 0.6 is 0 Å². The molecule has 0 aliphatic carbocycles. The van der Waals surface area contributed by atoms with Gasteiger partial charge in [-0.05, 0) is 0 Å². The Hall–Kier alpha value is -1.99. The monoisotopic (exact) mass is 540 g/mol. The maximum absolute atomic E-state index is 13.3. The molecule has 0 spiro atoms. The fraction of sp³-hybridized carbons (Fsp3) is 0.917. The van der Waals surface area contributed by atoms with Crippen molar-refractivity contribution in [2.75, 3.05) is 13.2 Å². The number of rotatable bonds is 10. The van der Waals surface area contributed by atoms with Gasteiger partial charge in [-0.3, -0.25) is 0 Å². The van der Waals surface area contributed by atoms with Gasteiger partial charge in [-0.15, -0.1) is 0 Å². The molecular formula is C12H6F18O3. The van der Waals surface area contributed by atoms with Crippen molar-refractivity contribution in [3.05, 3.63) is 0 Å². The van der Waals surface area contributed by atoms with Gasteiger partial charge < -0.3 is 9.47 Å². The van der Waals surface area contributed by atoms with E-state index in [0.717, 1.165) is 0 Å². The van der Waals surface area contributed by atoms with E-state index < -0.39 is 73.7 Å². The maximum Gasteiger partial charge on any atom is 0.508 e. The summed E-state index contributed by atoms with van der Waals surface area (Å²) in [6.45, 7) is -6.52. The van der Waals surface area contributed by atoms with Crippen LogP contribution in [0.1, 0.15) is 0 Å². The molecule has 0 aromatic heterocycles. The molecule has 0 amide bonds. The van der Waals surface area contributed by atoms with Gasteiger partial charge in [-0.1, -0.05) is 0 Å². The molecule has 0 saturated heterocycles. The molecule has 21 heteroatoms. The van der Waals surface area contributed by atoms with Crippen molar-refractivity contribution >= 4 is 6.16 Å². The quantitative estimate of drug-likeness (QED) is 0.248. The summed E-state index contributed by atoms with van der Waals surface area (Å²) in [6, 6.07) is 0. The fourth-order valence-electron chi connectivity index (χ4n) is 1.52. The second kappa shape index (κ2) is 8.99. The topological polar surface area (TPSA) is 35.5 Å². The molecule has 0 aliphatic rings. The van der Waals surface area contributed by atoms with Crippen LogP contribution < -0.4 is 0 Å². The summed E-state index contributed by atoms with van der Waals surface area (Å²) in [5, 5.41) is 0. The van der Waals surface area contributed by atoms with Gasteiger partial charge in [-0.2, -0.15) is 65.9 Å². The summed E-state index contributed by atoms with van der Waals surface area (Å²) in [7, 11) is 0. The first-order chi connectivity index (χ1) is 14.2. The van der Waals surface area contributed by atoms with E-state index in [1.54, 1.807) is 0 Å². The SMILES string of the molecule is O=C(OCC(F)(F)C(F)C(F)(F)F)OCC(F)(F)C(F)(F)C(F)(F)C(F)(F)C(F)(F)C(F)F. The van der Waals surface area contributed by atoms with Crippen LogP contribution in [-0.4, -0.2) is 73.7 Å². The van der Waals surface area contributed by atoms with Gasteiger partial charge in [0.2, 0.25) is 0 Å². The Kier molecular flexibility index (Phi) is 8.45. The maximum atomic E-state index is 13.3. The van der Waals surface area contributed by atoms with E-state index in [1.165, 1.54) is 0 Å². The number of carbonyl (C=O) groups excluding carboxylic acids is 1. The van der Waals surface area contributed by atoms with E-state index in [1.807, 2.05) is 0 Å². The smallest absolute Gasteiger partial charge is 0.428 e. The average molecular weight is 540 g/mol. The van der Waals surface area contributed by atoms with Crippen molar-refractivity contribution in [1.29, 1.82) is 0 Å². The molecule has 198 valence electrons. The van der Waals surface area contributed by atoms with Crippen LogP contribution in [0.4, 0.5) is 83.8 Å². The van der Waals surface area contributed by atoms with Gasteiger partial charge >= 0.3 is 54.3 Å². The molecule has 0 aromatic rings. The molecule has 0 aromatic carbocycles. The lowest BCUT2D eigenvalue weighted by molar-refractivity contribution is -0.414. The number of carbonyl (C=O) groups is 1. The first-order valence-electron chi connectivity index (χ1n) is 7.25. The second-order valence-corrected chi connectivity index (χ2v) is 5.84. The Labute approximate surface area is 168 Å². The first kappa shape index (κ1) is 31.0. The number of ether oxygens (including phenoxy) is 2. The normalized spacial score (nSPS) is 16.1. The standard InChI is InChI=1S/C12H6F18O3/c13-3(9(22,23)24)6(16,17)1-32-5(31)33-2-7(18,19)10(25,26)12(29,30)11(27,28)8(20,21)4(14)15/h3-4H,1-2H2. The average Bonchev–Trinajstić information content (AvgIpc) is 2.62. The fourth-order valence-corrected chi connectivity index (χ4v) is 1.52. The molecule has 0 saturated carbocycles. The van der Waals surface area contributed by atoms with E-state index in [-0.39, 0.29) is 0 Å². The molecule has 0 heterocycles. The molecule has 0 rings (SSSR count). The minimum atomic E-state index is -7.97. The molecule has 1 atom stereocenters. The van der Waals surface area contributed by atoms with E-state index in [2.05, 4.69) is 9.47 Å². The lowest BCUT2D eigenvalue weighted by atomic mass is 9.94. The highest BCUT2D eigenvalue weighted by Gasteiger charge is 2.88. The molecular weight excluding hydrogens is 534 g/mol. The van der Waals surface area contributed by atoms with Gasteiger partial charge in [0, 0.05) is 0 Å². The third kappa shape index (κ3) is 5.75. The van der Waals surface area contributed by atoms with Gasteiger partial charge in [0.1, 0.15) is 0 Å². The Bertz CT molecular complexity index is 684. The highest BCUT2D eigenvalue weighted by molar-refractivity contribution is 5.60. The highest BCUT2D eigenvalue weighted by atomic mass is 19.4. The van der Waals surface area contributed by atoms with Crippen LogP contribution in [0, 0.1) is 0 Å². The van der Waals surface area contributed by atoms with Crippen LogP contribution in [-0.2, 0) is 9.47 Å². The van der Waals surface area contributed by atoms with Crippen LogP contribution in [0.25, 0.3) is 0 Å². The Morgan fingerprint density at radius 2 is 1.00 bits per heavy atom. The molecule has 1 unspecified atom stereocenters. The van der Waals surface area contributed by atoms with Crippen LogP contribution in [0.2, 0.25) is 0 Å². The van der Waals surface area contributed by atoms with E-state index in [0.29, 0.717) is 0 Å². The molecule has 0 N–H and O–H groups in total. The van der Waals surface area contributed by atoms with Crippen LogP contribution in [0.3, 0.4) is 0 Å². The largest absolute Gasteiger partial charge is 0.508 e. The first-order valence-corrected chi connectivity index (χ1v) is 7.25. The summed E-state index contributed by atoms with van der Waals surface area (Å²) in [5.74, 6) is -43.3. The van der Waals surface area contributed by atoms with E-state index >= 15 is 0 Å². The zero-order valence-corrected chi connectivity index (χ0v) is 14.6. The summed E-state index contributed by atoms with van der Waals surface area (Å²) in [5.41, 5.74) is 0. The molecule has 0 radical (unpaired) electrons. The van der Waals surface area contributed by atoms with Crippen LogP contribution in [0.5, 0.6) is 0 Å². The minimum absolute atomic E-state index is 2.85. The zero-order valence-electron chi connectivity index (χ0n) is 14.6. The number of alkyl halides is 18. The Morgan fingerprint density at radius 1 is 0.606 bits per heavy atom. The third-order valence-electron chi connectivity index (χ3n) is 3.35. The summed E-state index contributed by atoms with van der Waals surface area (Å²) in [6.07, 6.45) is -20.1. The van der Waals surface area contributed by atoms with Crippen LogP contribution in [0.15, 0.2) is 0 Å². The zero-order chi connectivity index (χ0) is 27.1. The Morgan fingerprint density at radius 3 is 1.36 bits per heavy atom. The van der Waals surface area contributed by atoms with Crippen molar-refractivity contribution in [3.63, 3.8) is 0 Å². The Balaban J connectivity index is 5.49. The minimum Gasteiger partial charge on any atom is -0.428 e. The third-order valence-corrected chi connectivity index (χ3v) is 3.35. The van der Waals surface area contributed by atoms with Crippen molar-refractivity contribution in [3.8, 4) is 0 Å². The van der Waals surface area contributed by atoms with E-state index in [9.17, 15) is 83.8 Å². The van der Waals surface area contributed by atoms with Crippen molar-refractivity contribution in [2.45, 2.75) is 54.3 Å². The number of hydrogen-bond acceptors (Lipinski definition) is 3. The highest BCUT2D eigenvalue weighted by Crippen LogP contribution is 2.58. The van der Waals surface area contributed by atoms with Gasteiger partial charge in [0.25, 0.3) is 6.17 Å². The van der Waals surface area contributed by atoms with Crippen molar-refractivity contribution in [1.82, 2.24) is 0 Å². The summed E-state index contributed by atoms with van der Waals surface area (Å²) < 4.78 is 233. The summed E-state index contributed by atoms with van der Waals surface area (Å²) >= 11 is 0. The molecule has 0 bridgehead atoms. The van der Waals surface area contributed by atoms with Gasteiger partial charge in [0.15, 0.2) is 13.2 Å². The van der Waals surface area contributed by atoms with Crippen molar-refractivity contribution < 1.29 is 93.3 Å². The number of halogens is 18. The second-order valence-electron chi connectivity index (χ2n) is 5.84. The van der Waals surface area contributed by atoms with Gasteiger partial charge in [0.05, 0.1) is 0 Å². The molecule has 0 aliphatic heterocycles. The van der Waals surface area contributed by atoms with E-state index in [4.69, 9.17) is 0 Å². The summed E-state index contributed by atoms with van der Waals surface area (Å²) in [4.78, 5) is 10.7. The van der Waals surface area contributed by atoms with Crippen molar-refractivity contribution in [2.24, 2.45) is 0 Å². The lowest BCUT2D eigenvalue weighted by Crippen LogP contribution is -2.69. The molecule has 33 heavy (non-hydrogen) atoms.